The van der Waals surface area contributed by atoms with Crippen LogP contribution in [0.2, 0.25) is 0 Å². The van der Waals surface area contributed by atoms with Gasteiger partial charge in [0.05, 0.1) is 22.3 Å². The standard InChI is InChI=1S/2C12H8O4.Zr/c2*13-11(14)9-5-1-3-7-8(9)4-2-6-10(7)12(15)16;/h2*1-6H,(H,13,14)(H,15,16);. The molecule has 9 heteroatoms. The molecule has 8 nitrogen and oxygen atoms in total. The van der Waals surface area contributed by atoms with E-state index in [0.29, 0.717) is 21.5 Å². The third-order valence-electron chi connectivity index (χ3n) is 4.77. The summed E-state index contributed by atoms with van der Waals surface area (Å²) in [6.45, 7) is 0. The zero-order chi connectivity index (χ0) is 23.4. The van der Waals surface area contributed by atoms with Crippen molar-refractivity contribution in [1.82, 2.24) is 0 Å². The third kappa shape index (κ3) is 5.33. The van der Waals surface area contributed by atoms with Crippen LogP contribution >= 0.6 is 0 Å². The number of fused-ring (bicyclic) bond motifs is 2. The van der Waals surface area contributed by atoms with E-state index >= 15 is 0 Å². The molecule has 0 saturated heterocycles. The van der Waals surface area contributed by atoms with Crippen LogP contribution in [0.1, 0.15) is 41.4 Å². The fourth-order valence-corrected chi connectivity index (χ4v) is 3.37. The summed E-state index contributed by atoms with van der Waals surface area (Å²) in [6, 6.07) is 18.4. The van der Waals surface area contributed by atoms with E-state index in [0.717, 1.165) is 0 Å². The molecule has 0 aliphatic heterocycles. The molecule has 0 amide bonds. The topological polar surface area (TPSA) is 149 Å². The first-order chi connectivity index (χ1) is 15.2. The molecule has 4 N–H and O–H groups in total. The maximum Gasteiger partial charge on any atom is 0.336 e. The molecule has 0 fully saturated rings. The second-order valence-corrected chi connectivity index (χ2v) is 6.63. The Labute approximate surface area is 205 Å². The maximum atomic E-state index is 10.9. The smallest absolute Gasteiger partial charge is 0.336 e. The number of carboxylic acids is 4. The van der Waals surface area contributed by atoms with Gasteiger partial charge in [-0.05, 0) is 45.8 Å². The minimum Gasteiger partial charge on any atom is -0.478 e. The van der Waals surface area contributed by atoms with Gasteiger partial charge in [-0.15, -0.1) is 0 Å². The van der Waals surface area contributed by atoms with E-state index in [1.807, 2.05) is 0 Å². The van der Waals surface area contributed by atoms with Crippen molar-refractivity contribution in [2.45, 2.75) is 0 Å². The summed E-state index contributed by atoms with van der Waals surface area (Å²) >= 11 is 0. The molecule has 4 aromatic carbocycles. The van der Waals surface area contributed by atoms with Gasteiger partial charge in [0.2, 0.25) is 0 Å². The number of carbonyl (C=O) groups is 4. The Hall–Kier alpha value is -3.84. The average Bonchev–Trinajstić information content (AvgIpc) is 2.77. The van der Waals surface area contributed by atoms with Gasteiger partial charge in [-0.2, -0.15) is 0 Å². The van der Waals surface area contributed by atoms with Crippen molar-refractivity contribution < 1.29 is 65.8 Å². The number of hydrogen-bond acceptors (Lipinski definition) is 4. The summed E-state index contributed by atoms with van der Waals surface area (Å²) in [4.78, 5) is 43.8. The van der Waals surface area contributed by atoms with Crippen molar-refractivity contribution in [2.75, 3.05) is 0 Å². The summed E-state index contributed by atoms with van der Waals surface area (Å²) in [5, 5.41) is 37.6. The number of hydrogen-bond donors (Lipinski definition) is 4. The summed E-state index contributed by atoms with van der Waals surface area (Å²) in [6.07, 6.45) is 0. The van der Waals surface area contributed by atoms with E-state index in [-0.39, 0.29) is 48.5 Å². The predicted molar refractivity (Wildman–Crippen MR) is 116 cm³/mol. The Morgan fingerprint density at radius 3 is 0.727 bits per heavy atom. The van der Waals surface area contributed by atoms with E-state index in [2.05, 4.69) is 0 Å². The van der Waals surface area contributed by atoms with Crippen molar-refractivity contribution in [1.29, 1.82) is 0 Å². The van der Waals surface area contributed by atoms with Gasteiger partial charge < -0.3 is 20.4 Å². The van der Waals surface area contributed by atoms with E-state index in [9.17, 15) is 19.2 Å². The Kier molecular flexibility index (Phi) is 8.21. The van der Waals surface area contributed by atoms with Crippen molar-refractivity contribution in [3.63, 3.8) is 0 Å². The molecule has 4 aromatic rings. The zero-order valence-electron chi connectivity index (χ0n) is 16.9. The summed E-state index contributed by atoms with van der Waals surface area (Å²) in [7, 11) is 0. The number of aromatic carboxylic acids is 4. The number of carboxylic acid groups (broad SMARTS) is 4. The maximum absolute atomic E-state index is 10.9. The predicted octanol–water partition coefficient (Wildman–Crippen LogP) is 4.47. The summed E-state index contributed by atoms with van der Waals surface area (Å²) < 4.78 is 0. The first kappa shape index (κ1) is 25.4. The zero-order valence-corrected chi connectivity index (χ0v) is 19.3. The minimum atomic E-state index is -1.06. The van der Waals surface area contributed by atoms with Crippen molar-refractivity contribution in [3.05, 3.63) is 95.1 Å². The molecule has 0 spiro atoms. The molecular weight excluding hydrogens is 507 g/mol. The third-order valence-corrected chi connectivity index (χ3v) is 4.77. The quantitative estimate of drug-likeness (QED) is 0.306. The van der Waals surface area contributed by atoms with Crippen LogP contribution in [0, 0.1) is 0 Å². The van der Waals surface area contributed by atoms with Gasteiger partial charge in [-0.1, -0.05) is 48.5 Å². The van der Waals surface area contributed by atoms with Crippen molar-refractivity contribution in [2.24, 2.45) is 0 Å². The first-order valence-electron chi connectivity index (χ1n) is 9.19. The molecular formula is C24H16O8Zr. The van der Waals surface area contributed by atoms with Crippen LogP contribution in [-0.2, 0) is 26.2 Å². The van der Waals surface area contributed by atoms with Crippen LogP contribution in [0.5, 0.6) is 0 Å². The monoisotopic (exact) mass is 522 g/mol. The Bertz CT molecular complexity index is 1180. The molecule has 0 atom stereocenters. The molecule has 0 radical (unpaired) electrons. The Morgan fingerprint density at radius 2 is 0.576 bits per heavy atom. The van der Waals surface area contributed by atoms with Crippen molar-refractivity contribution in [3.8, 4) is 0 Å². The normalized spacial score (nSPS) is 9.94. The average molecular weight is 524 g/mol. The summed E-state index contributed by atoms with van der Waals surface area (Å²) in [5.41, 5.74) is 0.447. The molecule has 164 valence electrons. The minimum absolute atomic E-state index is 0. The molecule has 0 bridgehead atoms. The SMILES string of the molecule is O=C(O)c1cccc2c(C(=O)O)cccc12.O=C(O)c1cccc2c(C(=O)O)cccc12.[Zr]. The van der Waals surface area contributed by atoms with Gasteiger partial charge in [-0.25, -0.2) is 19.2 Å². The van der Waals surface area contributed by atoms with Crippen LogP contribution in [0.4, 0.5) is 0 Å². The molecule has 0 saturated carbocycles. The molecule has 0 aliphatic rings. The van der Waals surface area contributed by atoms with Crippen molar-refractivity contribution >= 4 is 45.4 Å². The largest absolute Gasteiger partial charge is 0.478 e. The van der Waals surface area contributed by atoms with Gasteiger partial charge in [0.15, 0.2) is 0 Å². The van der Waals surface area contributed by atoms with Gasteiger partial charge >= 0.3 is 23.9 Å². The van der Waals surface area contributed by atoms with Crippen LogP contribution in [-0.4, -0.2) is 44.3 Å². The van der Waals surface area contributed by atoms with E-state index in [1.54, 1.807) is 24.3 Å². The van der Waals surface area contributed by atoms with Gasteiger partial charge in [-0.3, -0.25) is 0 Å². The second kappa shape index (κ2) is 10.7. The summed E-state index contributed by atoms with van der Waals surface area (Å²) in [5.74, 6) is -4.25. The molecule has 0 aliphatic carbocycles. The fourth-order valence-electron chi connectivity index (χ4n) is 3.37. The van der Waals surface area contributed by atoms with E-state index in [1.165, 1.54) is 48.5 Å². The number of rotatable bonds is 4. The molecule has 0 unspecified atom stereocenters. The van der Waals surface area contributed by atoms with Gasteiger partial charge in [0, 0.05) is 26.2 Å². The first-order valence-corrected chi connectivity index (χ1v) is 9.19. The molecule has 4 rings (SSSR count). The van der Waals surface area contributed by atoms with Crippen LogP contribution in [0.25, 0.3) is 21.5 Å². The van der Waals surface area contributed by atoms with Gasteiger partial charge in [0.1, 0.15) is 0 Å². The number of benzene rings is 4. The van der Waals surface area contributed by atoms with Gasteiger partial charge in [0.25, 0.3) is 0 Å². The van der Waals surface area contributed by atoms with E-state index in [4.69, 9.17) is 20.4 Å². The second-order valence-electron chi connectivity index (χ2n) is 6.63. The molecule has 33 heavy (non-hydrogen) atoms. The molecule has 0 aromatic heterocycles. The Morgan fingerprint density at radius 1 is 0.394 bits per heavy atom. The molecule has 0 heterocycles. The van der Waals surface area contributed by atoms with Crippen LogP contribution < -0.4 is 0 Å². The fraction of sp³-hybridized carbons (Fsp3) is 0. The van der Waals surface area contributed by atoms with Crippen LogP contribution in [0.3, 0.4) is 0 Å². The van der Waals surface area contributed by atoms with E-state index < -0.39 is 23.9 Å². The Balaban J connectivity index is 0.000000227. The van der Waals surface area contributed by atoms with Crippen LogP contribution in [0.15, 0.2) is 72.8 Å².